The first kappa shape index (κ1) is 7.77. The molecule has 0 radical (unpaired) electrons. The van der Waals surface area contributed by atoms with E-state index in [0.717, 1.165) is 6.42 Å². The fourth-order valence-electron chi connectivity index (χ4n) is 1.26. The molecule has 0 aromatic rings. The summed E-state index contributed by atoms with van der Waals surface area (Å²) in [5, 5.41) is 0. The molecule has 0 saturated heterocycles. The summed E-state index contributed by atoms with van der Waals surface area (Å²) in [6.45, 7) is 2.21. The van der Waals surface area contributed by atoms with Crippen molar-refractivity contribution in [3.8, 4) is 0 Å². The van der Waals surface area contributed by atoms with Crippen molar-refractivity contribution in [2.45, 2.75) is 45.4 Å². The van der Waals surface area contributed by atoms with Crippen LogP contribution in [0.1, 0.15) is 45.4 Å². The van der Waals surface area contributed by atoms with Gasteiger partial charge in [0, 0.05) is 12.3 Å². The van der Waals surface area contributed by atoms with Crippen LogP contribution in [-0.2, 0) is 4.79 Å². The predicted octanol–water partition coefficient (Wildman–Crippen LogP) is 2.55. The fraction of sp³-hybridized carbons (Fsp3) is 0.889. The summed E-state index contributed by atoms with van der Waals surface area (Å²) in [7, 11) is 0. The molecule has 1 fully saturated rings. The minimum atomic E-state index is 0.483. The second-order valence-electron chi connectivity index (χ2n) is 3.22. The predicted molar refractivity (Wildman–Crippen MR) is 41.9 cm³/mol. The van der Waals surface area contributed by atoms with Gasteiger partial charge in [-0.1, -0.05) is 32.6 Å². The van der Waals surface area contributed by atoms with Gasteiger partial charge in [-0.25, -0.2) is 0 Å². The molecule has 0 aromatic heterocycles. The third-order valence-corrected chi connectivity index (χ3v) is 2.15. The molecule has 0 N–H and O–H groups in total. The first-order valence-electron chi connectivity index (χ1n) is 4.37. The van der Waals surface area contributed by atoms with E-state index in [1.807, 2.05) is 0 Å². The van der Waals surface area contributed by atoms with Crippen LogP contribution >= 0.6 is 0 Å². The molecule has 1 atom stereocenters. The van der Waals surface area contributed by atoms with Crippen LogP contribution in [0.15, 0.2) is 0 Å². The molecule has 0 aromatic carbocycles. The summed E-state index contributed by atoms with van der Waals surface area (Å²) in [5.74, 6) is 0.980. The summed E-state index contributed by atoms with van der Waals surface area (Å²) in [6.07, 6.45) is 7.26. The van der Waals surface area contributed by atoms with Gasteiger partial charge in [-0.3, -0.25) is 4.79 Å². The van der Waals surface area contributed by atoms with Crippen molar-refractivity contribution in [1.82, 2.24) is 0 Å². The topological polar surface area (TPSA) is 17.1 Å². The lowest BCUT2D eigenvalue weighted by molar-refractivity contribution is -0.111. The van der Waals surface area contributed by atoms with Crippen LogP contribution in [0.4, 0.5) is 0 Å². The molecule has 1 saturated carbocycles. The summed E-state index contributed by atoms with van der Waals surface area (Å²) >= 11 is 0. The lowest BCUT2D eigenvalue weighted by Crippen LogP contribution is -1.81. The van der Waals surface area contributed by atoms with Crippen molar-refractivity contribution in [1.29, 1.82) is 0 Å². The Hall–Kier alpha value is -0.330. The molecule has 58 valence electrons. The maximum Gasteiger partial charge on any atom is 0.137 e. The van der Waals surface area contributed by atoms with Gasteiger partial charge in [0.25, 0.3) is 0 Å². The van der Waals surface area contributed by atoms with Gasteiger partial charge in [0.1, 0.15) is 5.78 Å². The molecular formula is C9H16O. The summed E-state index contributed by atoms with van der Waals surface area (Å²) in [5.41, 5.74) is 0. The highest BCUT2D eigenvalue weighted by Gasteiger charge is 2.33. The van der Waals surface area contributed by atoms with Gasteiger partial charge in [-0.05, 0) is 6.42 Å². The van der Waals surface area contributed by atoms with E-state index in [1.165, 1.54) is 32.1 Å². The first-order chi connectivity index (χ1) is 4.84. The monoisotopic (exact) mass is 140 g/mol. The molecule has 0 aliphatic heterocycles. The number of unbranched alkanes of at least 4 members (excludes halogenated alkanes) is 3. The second-order valence-corrected chi connectivity index (χ2v) is 3.22. The van der Waals surface area contributed by atoms with Gasteiger partial charge in [0.2, 0.25) is 0 Å². The number of carbonyl (C=O) groups is 1. The largest absolute Gasteiger partial charge is 0.299 e. The third kappa shape index (κ3) is 2.51. The Kier molecular flexibility index (Phi) is 2.91. The van der Waals surface area contributed by atoms with Crippen molar-refractivity contribution in [3.05, 3.63) is 0 Å². The molecule has 1 unspecified atom stereocenters. The van der Waals surface area contributed by atoms with Crippen molar-refractivity contribution < 1.29 is 4.79 Å². The van der Waals surface area contributed by atoms with Crippen LogP contribution in [0.2, 0.25) is 0 Å². The number of rotatable bonds is 5. The molecule has 1 aliphatic carbocycles. The van der Waals surface area contributed by atoms with Crippen molar-refractivity contribution in [2.75, 3.05) is 0 Å². The SMILES string of the molecule is CCCCCCC1CC1=O. The lowest BCUT2D eigenvalue weighted by atomic mass is 10.1. The van der Waals surface area contributed by atoms with Crippen LogP contribution in [0, 0.1) is 5.92 Å². The molecule has 0 heterocycles. The number of Topliss-reactive ketones (excluding diaryl/α,β-unsaturated/α-hetero) is 1. The molecule has 1 rings (SSSR count). The van der Waals surface area contributed by atoms with E-state index >= 15 is 0 Å². The zero-order valence-electron chi connectivity index (χ0n) is 6.73. The van der Waals surface area contributed by atoms with E-state index in [1.54, 1.807) is 0 Å². The minimum absolute atomic E-state index is 0.483. The average Bonchev–Trinajstić information content (AvgIpc) is 2.60. The highest BCUT2D eigenvalue weighted by Crippen LogP contribution is 2.29. The Morgan fingerprint density at radius 2 is 2.10 bits per heavy atom. The van der Waals surface area contributed by atoms with Gasteiger partial charge in [0.05, 0.1) is 0 Å². The molecule has 10 heavy (non-hydrogen) atoms. The molecule has 0 amide bonds. The van der Waals surface area contributed by atoms with Crippen LogP contribution in [0.25, 0.3) is 0 Å². The van der Waals surface area contributed by atoms with E-state index in [0.29, 0.717) is 11.7 Å². The quantitative estimate of drug-likeness (QED) is 0.536. The highest BCUT2D eigenvalue weighted by atomic mass is 16.1. The number of hydrogen-bond donors (Lipinski definition) is 0. The summed E-state index contributed by atoms with van der Waals surface area (Å²) in [6, 6.07) is 0. The Morgan fingerprint density at radius 3 is 2.60 bits per heavy atom. The van der Waals surface area contributed by atoms with Gasteiger partial charge >= 0.3 is 0 Å². The number of hydrogen-bond acceptors (Lipinski definition) is 1. The van der Waals surface area contributed by atoms with E-state index in [4.69, 9.17) is 0 Å². The normalized spacial score (nSPS) is 23.3. The highest BCUT2D eigenvalue weighted by molar-refractivity contribution is 5.95. The van der Waals surface area contributed by atoms with Crippen LogP contribution in [0.3, 0.4) is 0 Å². The molecule has 1 nitrogen and oxygen atoms in total. The van der Waals surface area contributed by atoms with E-state index < -0.39 is 0 Å². The van der Waals surface area contributed by atoms with Gasteiger partial charge in [0.15, 0.2) is 0 Å². The molecule has 0 spiro atoms. The molecule has 0 bridgehead atoms. The van der Waals surface area contributed by atoms with Crippen LogP contribution in [0.5, 0.6) is 0 Å². The first-order valence-corrected chi connectivity index (χ1v) is 4.37. The Balaban J connectivity index is 1.82. The Morgan fingerprint density at radius 1 is 1.40 bits per heavy atom. The third-order valence-electron chi connectivity index (χ3n) is 2.15. The standard InChI is InChI=1S/C9H16O/c1-2-3-4-5-6-8-7-9(8)10/h8H,2-7H2,1H3. The lowest BCUT2D eigenvalue weighted by Gasteiger charge is -1.94. The molecule has 1 aliphatic rings. The van der Waals surface area contributed by atoms with E-state index in [9.17, 15) is 4.79 Å². The Bertz CT molecular complexity index is 118. The molecular weight excluding hydrogens is 124 g/mol. The fourth-order valence-corrected chi connectivity index (χ4v) is 1.26. The number of ketones is 1. The zero-order valence-corrected chi connectivity index (χ0v) is 6.73. The van der Waals surface area contributed by atoms with Crippen molar-refractivity contribution >= 4 is 5.78 Å². The average molecular weight is 140 g/mol. The second kappa shape index (κ2) is 3.75. The van der Waals surface area contributed by atoms with Crippen LogP contribution in [-0.4, -0.2) is 5.78 Å². The van der Waals surface area contributed by atoms with Crippen molar-refractivity contribution in [2.24, 2.45) is 5.92 Å². The van der Waals surface area contributed by atoms with Gasteiger partial charge in [-0.15, -0.1) is 0 Å². The maximum atomic E-state index is 10.6. The van der Waals surface area contributed by atoms with E-state index in [2.05, 4.69) is 6.92 Å². The molecule has 1 heteroatoms. The van der Waals surface area contributed by atoms with Gasteiger partial charge in [-0.2, -0.15) is 0 Å². The number of carbonyl (C=O) groups excluding carboxylic acids is 1. The zero-order chi connectivity index (χ0) is 7.40. The van der Waals surface area contributed by atoms with Gasteiger partial charge < -0.3 is 0 Å². The Labute approximate surface area is 62.8 Å². The smallest absolute Gasteiger partial charge is 0.137 e. The van der Waals surface area contributed by atoms with Crippen LogP contribution < -0.4 is 0 Å². The maximum absolute atomic E-state index is 10.6. The van der Waals surface area contributed by atoms with Crippen molar-refractivity contribution in [3.63, 3.8) is 0 Å². The summed E-state index contributed by atoms with van der Waals surface area (Å²) < 4.78 is 0. The van der Waals surface area contributed by atoms with E-state index in [-0.39, 0.29) is 0 Å². The minimum Gasteiger partial charge on any atom is -0.299 e. The summed E-state index contributed by atoms with van der Waals surface area (Å²) in [4.78, 5) is 10.6.